The monoisotopic (exact) mass is 1110 g/mol. The third-order valence-electron chi connectivity index (χ3n) is 18.8. The van der Waals surface area contributed by atoms with Crippen LogP contribution in [-0.4, -0.2) is 11.3 Å². The van der Waals surface area contributed by atoms with Gasteiger partial charge in [0.05, 0.1) is 16.7 Å². The number of rotatable bonds is 5. The molecule has 0 fully saturated rings. The summed E-state index contributed by atoms with van der Waals surface area (Å²) in [7, 11) is 0. The third kappa shape index (κ3) is 7.84. The first-order chi connectivity index (χ1) is 41.4. The van der Waals surface area contributed by atoms with E-state index in [4.69, 9.17) is 8.83 Å². The van der Waals surface area contributed by atoms with E-state index in [1.165, 1.54) is 94.4 Å². The fourth-order valence-electron chi connectivity index (χ4n) is 14.5. The smallest absolute Gasteiger partial charge is 0.252 e. The van der Waals surface area contributed by atoms with Crippen LogP contribution < -0.4 is 26.2 Å². The second-order valence-corrected chi connectivity index (χ2v) is 27.5. The van der Waals surface area contributed by atoms with Gasteiger partial charge in [-0.2, -0.15) is 0 Å². The minimum absolute atomic E-state index is 0.0514. The Hall–Kier alpha value is -9.52. The lowest BCUT2D eigenvalue weighted by atomic mass is 9.33. The maximum Gasteiger partial charge on any atom is 0.252 e. The van der Waals surface area contributed by atoms with Gasteiger partial charge in [-0.15, -0.1) is 0 Å². The molecule has 3 aromatic heterocycles. The van der Waals surface area contributed by atoms with Crippen LogP contribution in [0.2, 0.25) is 0 Å². The first kappa shape index (κ1) is 52.1. The van der Waals surface area contributed by atoms with E-state index in [0.29, 0.717) is 0 Å². The zero-order chi connectivity index (χ0) is 58.9. The zero-order valence-electron chi connectivity index (χ0n) is 50.9. The van der Waals surface area contributed by atoms with E-state index in [1.54, 1.807) is 0 Å². The summed E-state index contributed by atoms with van der Waals surface area (Å²) < 4.78 is 15.9. The van der Waals surface area contributed by atoms with Crippen molar-refractivity contribution in [3.63, 3.8) is 0 Å². The van der Waals surface area contributed by atoms with Crippen molar-refractivity contribution in [3.05, 3.63) is 240 Å². The van der Waals surface area contributed by atoms with Crippen LogP contribution in [0.3, 0.4) is 0 Å². The van der Waals surface area contributed by atoms with Crippen molar-refractivity contribution in [2.75, 3.05) is 9.80 Å². The molecule has 2 aliphatic rings. The molecule has 0 bridgehead atoms. The molecule has 0 spiro atoms. The first-order valence-electron chi connectivity index (χ1n) is 30.5. The Morgan fingerprint density at radius 2 is 0.872 bits per heavy atom. The van der Waals surface area contributed by atoms with Gasteiger partial charge in [0.25, 0.3) is 6.71 Å². The molecular formula is C80H68BN3O2. The first-order valence-corrected chi connectivity index (χ1v) is 30.5. The highest BCUT2D eigenvalue weighted by Gasteiger charge is 2.46. The van der Waals surface area contributed by atoms with Gasteiger partial charge in [-0.3, -0.25) is 0 Å². The molecule has 5 heterocycles. The van der Waals surface area contributed by atoms with Crippen LogP contribution in [0.15, 0.2) is 221 Å². The third-order valence-corrected chi connectivity index (χ3v) is 18.8. The fraction of sp³-hybridized carbons (Fsp3) is 0.175. The van der Waals surface area contributed by atoms with Crippen LogP contribution in [0.5, 0.6) is 0 Å². The van der Waals surface area contributed by atoms with E-state index in [1.807, 2.05) is 6.07 Å². The zero-order valence-corrected chi connectivity index (χ0v) is 50.9. The summed E-state index contributed by atoms with van der Waals surface area (Å²) in [6, 6.07) is 79.6. The molecule has 0 saturated heterocycles. The molecule has 86 heavy (non-hydrogen) atoms. The minimum Gasteiger partial charge on any atom is -0.455 e. The average Bonchev–Trinajstić information content (AvgIpc) is 0.928. The summed E-state index contributed by atoms with van der Waals surface area (Å²) in [5, 5.41) is 7.03. The molecule has 11 aromatic carbocycles. The van der Waals surface area contributed by atoms with Crippen molar-refractivity contribution < 1.29 is 8.83 Å². The molecule has 418 valence electrons. The topological polar surface area (TPSA) is 37.7 Å². The lowest BCUT2D eigenvalue weighted by molar-refractivity contribution is 0.590. The number of hydrogen-bond donors (Lipinski definition) is 0. The number of furan rings is 2. The molecule has 0 radical (unpaired) electrons. The highest BCUT2D eigenvalue weighted by molar-refractivity contribution is 7.00. The minimum atomic E-state index is -0.211. The Kier molecular flexibility index (Phi) is 11.2. The summed E-state index contributed by atoms with van der Waals surface area (Å²) >= 11 is 0. The van der Waals surface area contributed by atoms with Crippen molar-refractivity contribution in [1.29, 1.82) is 0 Å². The molecule has 5 nitrogen and oxygen atoms in total. The number of hydrogen-bond acceptors (Lipinski definition) is 4. The van der Waals surface area contributed by atoms with Crippen LogP contribution in [0, 0.1) is 13.8 Å². The number of aromatic nitrogens is 1. The van der Waals surface area contributed by atoms with Crippen molar-refractivity contribution in [1.82, 2.24) is 4.57 Å². The predicted molar refractivity (Wildman–Crippen MR) is 366 cm³/mol. The lowest BCUT2D eigenvalue weighted by Crippen LogP contribution is -2.61. The second kappa shape index (κ2) is 18.5. The van der Waals surface area contributed by atoms with Crippen molar-refractivity contribution in [2.24, 2.45) is 0 Å². The van der Waals surface area contributed by atoms with Crippen molar-refractivity contribution in [3.8, 4) is 27.9 Å². The highest BCUT2D eigenvalue weighted by atomic mass is 16.3. The molecule has 0 atom stereocenters. The van der Waals surface area contributed by atoms with Crippen LogP contribution in [0.1, 0.15) is 90.1 Å². The summed E-state index contributed by atoms with van der Waals surface area (Å²) in [5.41, 5.74) is 28.4. The number of fused-ring (bicyclic) bond motifs is 13. The maximum atomic E-state index is 6.73. The van der Waals surface area contributed by atoms with Gasteiger partial charge in [0, 0.05) is 77.6 Å². The van der Waals surface area contributed by atoms with Gasteiger partial charge in [-0.1, -0.05) is 190 Å². The quantitative estimate of drug-likeness (QED) is 0.161. The lowest BCUT2D eigenvalue weighted by Gasteiger charge is -2.46. The molecule has 6 heteroatoms. The van der Waals surface area contributed by atoms with E-state index >= 15 is 0 Å². The van der Waals surface area contributed by atoms with E-state index in [2.05, 4.69) is 297 Å². The van der Waals surface area contributed by atoms with Gasteiger partial charge < -0.3 is 23.2 Å². The van der Waals surface area contributed by atoms with Crippen LogP contribution in [-0.2, 0) is 16.2 Å². The van der Waals surface area contributed by atoms with Gasteiger partial charge >= 0.3 is 0 Å². The van der Waals surface area contributed by atoms with E-state index in [0.717, 1.165) is 77.5 Å². The Labute approximate surface area is 503 Å². The highest BCUT2D eigenvalue weighted by Crippen LogP contribution is 2.51. The van der Waals surface area contributed by atoms with E-state index < -0.39 is 0 Å². The summed E-state index contributed by atoms with van der Waals surface area (Å²) in [6.45, 7) is 25.6. The van der Waals surface area contributed by atoms with Crippen LogP contribution in [0.4, 0.5) is 34.1 Å². The summed E-state index contributed by atoms with van der Waals surface area (Å²) in [5.74, 6) is 0. The normalized spacial score (nSPS) is 13.5. The van der Waals surface area contributed by atoms with Crippen LogP contribution >= 0.6 is 0 Å². The van der Waals surface area contributed by atoms with Gasteiger partial charge in [0.1, 0.15) is 22.3 Å². The van der Waals surface area contributed by atoms with Gasteiger partial charge in [-0.05, 0) is 170 Å². The maximum absolute atomic E-state index is 6.73. The van der Waals surface area contributed by atoms with E-state index in [-0.39, 0.29) is 23.0 Å². The molecule has 0 amide bonds. The molecule has 0 N–H and O–H groups in total. The Morgan fingerprint density at radius 3 is 1.49 bits per heavy atom. The molecule has 14 aromatic rings. The Morgan fingerprint density at radius 1 is 0.349 bits per heavy atom. The SMILES string of the molecule is Cc1cc(-c2cccc3c2oc2ccccc23)cc(C)c1N1c2cc3c(cc2B2c4cc(C(C)(C)C)ccc4N(c4ccc(-c5cccc6c5oc5ccccc56)cc4)c4cc(C(C)(C)C)cc1c42)c1cc(C(C)(C)C)ccc1n3-c1ccccc1. The van der Waals surface area contributed by atoms with Crippen molar-refractivity contribution >= 4 is 123 Å². The predicted octanol–water partition coefficient (Wildman–Crippen LogP) is 20.5. The average molecular weight is 1110 g/mol. The van der Waals surface area contributed by atoms with Gasteiger partial charge in [-0.25, -0.2) is 0 Å². The standard InChI is InChI=1S/C80H68BN3O2/c1-47-39-50(57-26-20-28-61-59-24-16-18-30-73(59)86-77(57)61)40-48(2)75(47)84-69-46-68-63(62-41-51(78(3,4)5)33-37-66(62)82(68)54-21-13-12-14-22-54)45-65(69)81-64-42-52(79(6,7)8)34-38-67(64)83(70-43-53(80(9,10)11)44-71(84)74(70)81)55-35-31-49(32-36-55)56-25-19-27-60-58-23-15-17-29-72(58)85-76(56)60/h12-46H,1-11H3. The summed E-state index contributed by atoms with van der Waals surface area (Å²) in [4.78, 5) is 5.24. The Balaban J connectivity index is 0.994. The number of nitrogens with zero attached hydrogens (tertiary/aromatic N) is 3. The number of aryl methyl sites for hydroxylation is 2. The number of para-hydroxylation sites is 5. The largest absolute Gasteiger partial charge is 0.455 e. The molecule has 16 rings (SSSR count). The van der Waals surface area contributed by atoms with E-state index in [9.17, 15) is 0 Å². The second-order valence-electron chi connectivity index (χ2n) is 27.5. The Bertz CT molecular complexity index is 5130. The fourth-order valence-corrected chi connectivity index (χ4v) is 14.5. The summed E-state index contributed by atoms with van der Waals surface area (Å²) in [6.07, 6.45) is 0. The number of benzene rings is 11. The van der Waals surface area contributed by atoms with Gasteiger partial charge in [0.2, 0.25) is 0 Å². The molecular weight excluding hydrogens is 1050 g/mol. The molecule has 2 aliphatic heterocycles. The van der Waals surface area contributed by atoms with Crippen molar-refractivity contribution in [2.45, 2.75) is 92.4 Å². The molecule has 0 saturated carbocycles. The van der Waals surface area contributed by atoms with Gasteiger partial charge in [0.15, 0.2) is 0 Å². The number of anilines is 6. The molecule has 0 unspecified atom stereocenters. The molecule has 0 aliphatic carbocycles. The van der Waals surface area contributed by atoms with Crippen LogP contribution in [0.25, 0.3) is 93.6 Å².